The predicted molar refractivity (Wildman–Crippen MR) is 89.7 cm³/mol. The van der Waals surface area contributed by atoms with Crippen LogP contribution < -0.4 is 5.32 Å². The summed E-state index contributed by atoms with van der Waals surface area (Å²) < 4.78 is 36.9. The Bertz CT molecular complexity index is 853. The Morgan fingerprint density at radius 3 is 2.96 bits per heavy atom. The van der Waals surface area contributed by atoms with Crippen LogP contribution in [0.3, 0.4) is 0 Å². The van der Waals surface area contributed by atoms with Gasteiger partial charge in [0, 0.05) is 18.2 Å². The minimum atomic E-state index is -3.85. The molecule has 0 saturated carbocycles. The summed E-state index contributed by atoms with van der Waals surface area (Å²) in [4.78, 5) is 12.3. The molecule has 0 radical (unpaired) electrons. The summed E-state index contributed by atoms with van der Waals surface area (Å²) in [7, 11) is -3.85. The number of carbonyl (C=O) groups excluding carboxylic acids is 1. The van der Waals surface area contributed by atoms with Crippen LogP contribution >= 0.6 is 0 Å². The zero-order valence-corrected chi connectivity index (χ0v) is 14.7. The lowest BCUT2D eigenvalue weighted by molar-refractivity contribution is 0.0109. The maximum Gasteiger partial charge on any atom is 0.251 e. The highest BCUT2D eigenvalue weighted by Gasteiger charge is 2.34. The zero-order chi connectivity index (χ0) is 18.6. The van der Waals surface area contributed by atoms with E-state index in [1.54, 1.807) is 6.07 Å². The van der Waals surface area contributed by atoms with Gasteiger partial charge in [-0.3, -0.25) is 4.79 Å². The van der Waals surface area contributed by atoms with Gasteiger partial charge in [0.05, 0.1) is 37.3 Å². The van der Waals surface area contributed by atoms with Gasteiger partial charge in [0.2, 0.25) is 10.0 Å². The highest BCUT2D eigenvalue weighted by molar-refractivity contribution is 7.89. The standard InChI is InChI=1S/C16H19N3O6S/c20-10-14-11-24-7-5-19(14)26(22,23)15-3-1-2-12(8-15)16(21)17-9-13-4-6-25-18-13/h1-4,6,8,14,20H,5,7,9-11H2,(H,17,21). The van der Waals surface area contributed by atoms with E-state index in [0.717, 1.165) is 0 Å². The van der Waals surface area contributed by atoms with Gasteiger partial charge in [-0.05, 0) is 18.2 Å². The minimum absolute atomic E-state index is 0.00747. The second-order valence-electron chi connectivity index (χ2n) is 5.73. The van der Waals surface area contributed by atoms with Gasteiger partial charge < -0.3 is 19.7 Å². The number of nitrogens with zero attached hydrogens (tertiary/aromatic N) is 2. The molecule has 1 aliphatic heterocycles. The Balaban J connectivity index is 1.78. The van der Waals surface area contributed by atoms with Crippen molar-refractivity contribution in [2.24, 2.45) is 0 Å². The number of amides is 1. The molecule has 2 aromatic rings. The number of nitrogens with one attached hydrogen (secondary N) is 1. The Morgan fingerprint density at radius 2 is 2.23 bits per heavy atom. The van der Waals surface area contributed by atoms with Crippen molar-refractivity contribution < 1.29 is 27.6 Å². The molecular formula is C16H19N3O6S. The van der Waals surface area contributed by atoms with Crippen molar-refractivity contribution >= 4 is 15.9 Å². The average molecular weight is 381 g/mol. The first-order valence-corrected chi connectivity index (χ1v) is 9.44. The number of carbonyl (C=O) groups is 1. The molecule has 1 fully saturated rings. The fraction of sp³-hybridized carbons (Fsp3) is 0.375. The highest BCUT2D eigenvalue weighted by atomic mass is 32.2. The minimum Gasteiger partial charge on any atom is -0.395 e. The van der Waals surface area contributed by atoms with Crippen LogP contribution in [0.4, 0.5) is 0 Å². The van der Waals surface area contributed by atoms with Crippen LogP contribution in [-0.4, -0.2) is 61.3 Å². The highest BCUT2D eigenvalue weighted by Crippen LogP contribution is 2.21. The van der Waals surface area contributed by atoms with Crippen molar-refractivity contribution in [3.05, 3.63) is 47.9 Å². The molecular weight excluding hydrogens is 362 g/mol. The number of hydrogen-bond acceptors (Lipinski definition) is 7. The quantitative estimate of drug-likeness (QED) is 0.721. The summed E-state index contributed by atoms with van der Waals surface area (Å²) in [6.07, 6.45) is 1.40. The number of sulfonamides is 1. The van der Waals surface area contributed by atoms with E-state index in [1.807, 2.05) is 0 Å². The summed E-state index contributed by atoms with van der Waals surface area (Å²) >= 11 is 0. The maximum absolute atomic E-state index is 12.9. The van der Waals surface area contributed by atoms with Crippen molar-refractivity contribution in [2.75, 3.05) is 26.4 Å². The Hall–Kier alpha value is -2.27. The molecule has 3 rings (SSSR count). The number of morpholine rings is 1. The molecule has 1 unspecified atom stereocenters. The number of rotatable bonds is 6. The molecule has 2 heterocycles. The summed E-state index contributed by atoms with van der Waals surface area (Å²) in [5.74, 6) is -0.425. The number of aliphatic hydroxyl groups is 1. The lowest BCUT2D eigenvalue weighted by atomic mass is 10.2. The predicted octanol–water partition coefficient (Wildman–Crippen LogP) is -0.0136. The topological polar surface area (TPSA) is 122 Å². The molecule has 1 aliphatic rings. The fourth-order valence-electron chi connectivity index (χ4n) is 2.63. The van der Waals surface area contributed by atoms with Crippen LogP contribution in [-0.2, 0) is 21.3 Å². The summed E-state index contributed by atoms with van der Waals surface area (Å²) in [5, 5.41) is 15.8. The average Bonchev–Trinajstić information content (AvgIpc) is 3.19. The van der Waals surface area contributed by atoms with Crippen LogP contribution in [0, 0.1) is 0 Å². The van der Waals surface area contributed by atoms with E-state index in [1.165, 1.54) is 34.8 Å². The first-order valence-electron chi connectivity index (χ1n) is 8.00. The number of ether oxygens (including phenoxy) is 1. The molecule has 1 amide bonds. The van der Waals surface area contributed by atoms with Crippen molar-refractivity contribution in [1.29, 1.82) is 0 Å². The van der Waals surface area contributed by atoms with E-state index >= 15 is 0 Å². The molecule has 2 N–H and O–H groups in total. The third-order valence-electron chi connectivity index (χ3n) is 4.01. The van der Waals surface area contributed by atoms with Gasteiger partial charge in [0.25, 0.3) is 5.91 Å². The van der Waals surface area contributed by atoms with Gasteiger partial charge in [0.1, 0.15) is 12.0 Å². The molecule has 10 heteroatoms. The number of hydrogen-bond donors (Lipinski definition) is 2. The van der Waals surface area contributed by atoms with Gasteiger partial charge >= 0.3 is 0 Å². The lowest BCUT2D eigenvalue weighted by Crippen LogP contribution is -2.50. The first-order chi connectivity index (χ1) is 12.5. The van der Waals surface area contributed by atoms with Crippen LogP contribution in [0.15, 0.2) is 46.0 Å². The number of benzene rings is 1. The van der Waals surface area contributed by atoms with E-state index in [0.29, 0.717) is 5.69 Å². The van der Waals surface area contributed by atoms with Crippen LogP contribution in [0.25, 0.3) is 0 Å². The molecule has 0 bridgehead atoms. The Morgan fingerprint density at radius 1 is 1.38 bits per heavy atom. The maximum atomic E-state index is 12.9. The SMILES string of the molecule is O=C(NCc1ccon1)c1cccc(S(=O)(=O)N2CCOCC2CO)c1. The third-order valence-corrected chi connectivity index (χ3v) is 5.96. The molecule has 140 valence electrons. The molecule has 1 aromatic carbocycles. The van der Waals surface area contributed by atoms with E-state index < -0.39 is 22.0 Å². The molecule has 26 heavy (non-hydrogen) atoms. The molecule has 1 atom stereocenters. The molecule has 0 spiro atoms. The van der Waals surface area contributed by atoms with Crippen LogP contribution in [0.1, 0.15) is 16.1 Å². The number of aliphatic hydroxyl groups excluding tert-OH is 1. The van der Waals surface area contributed by atoms with Crippen molar-refractivity contribution in [3.8, 4) is 0 Å². The van der Waals surface area contributed by atoms with Crippen LogP contribution in [0.2, 0.25) is 0 Å². The Kier molecular flexibility index (Phi) is 5.67. The van der Waals surface area contributed by atoms with Crippen molar-refractivity contribution in [1.82, 2.24) is 14.8 Å². The lowest BCUT2D eigenvalue weighted by Gasteiger charge is -2.33. The summed E-state index contributed by atoms with van der Waals surface area (Å²) in [6.45, 7) is 0.372. The molecule has 1 aromatic heterocycles. The Labute approximate surface area is 150 Å². The largest absolute Gasteiger partial charge is 0.395 e. The first kappa shape index (κ1) is 18.5. The van der Waals surface area contributed by atoms with E-state index in [-0.39, 0.29) is 43.4 Å². The normalized spacial score (nSPS) is 18.6. The van der Waals surface area contributed by atoms with E-state index in [4.69, 9.17) is 4.74 Å². The monoisotopic (exact) mass is 381 g/mol. The zero-order valence-electron chi connectivity index (χ0n) is 13.9. The number of aromatic nitrogens is 1. The van der Waals surface area contributed by atoms with Gasteiger partial charge in [-0.15, -0.1) is 0 Å². The van der Waals surface area contributed by atoms with Gasteiger partial charge in [0.15, 0.2) is 0 Å². The second-order valence-corrected chi connectivity index (χ2v) is 7.62. The summed E-state index contributed by atoms with van der Waals surface area (Å²) in [5.41, 5.74) is 0.768. The van der Waals surface area contributed by atoms with Gasteiger partial charge in [-0.2, -0.15) is 4.31 Å². The van der Waals surface area contributed by atoms with Gasteiger partial charge in [-0.25, -0.2) is 8.42 Å². The smallest absolute Gasteiger partial charge is 0.251 e. The van der Waals surface area contributed by atoms with Gasteiger partial charge in [-0.1, -0.05) is 11.2 Å². The molecule has 9 nitrogen and oxygen atoms in total. The molecule has 0 aliphatic carbocycles. The summed E-state index contributed by atoms with van der Waals surface area (Å²) in [6, 6.07) is 6.75. The van der Waals surface area contributed by atoms with Crippen molar-refractivity contribution in [2.45, 2.75) is 17.5 Å². The van der Waals surface area contributed by atoms with Crippen LogP contribution in [0.5, 0.6) is 0 Å². The molecule has 1 saturated heterocycles. The third kappa shape index (κ3) is 3.93. The van der Waals surface area contributed by atoms with E-state index in [9.17, 15) is 18.3 Å². The van der Waals surface area contributed by atoms with E-state index in [2.05, 4.69) is 15.0 Å². The second kappa shape index (κ2) is 7.96. The van der Waals surface area contributed by atoms with Crippen molar-refractivity contribution in [3.63, 3.8) is 0 Å². The fourth-order valence-corrected chi connectivity index (χ4v) is 4.27.